The van der Waals surface area contributed by atoms with E-state index in [9.17, 15) is 0 Å². The van der Waals surface area contributed by atoms with Crippen molar-refractivity contribution in [3.05, 3.63) is 19.0 Å². The Bertz CT molecular complexity index is 234. The molecule has 0 nitrogen and oxygen atoms in total. The SMILES string of the molecule is CC1=C(Br)C(Br)=C(Br)C1(Br)Br. The molecule has 0 N–H and O–H groups in total. The molecule has 0 bridgehead atoms. The highest BCUT2D eigenvalue weighted by Gasteiger charge is 2.38. The number of hydrogen-bond acceptors (Lipinski definition) is 0. The van der Waals surface area contributed by atoms with Crippen LogP contribution in [0.25, 0.3) is 0 Å². The highest BCUT2D eigenvalue weighted by atomic mass is 79.9. The maximum absolute atomic E-state index is 3.55. The van der Waals surface area contributed by atoms with Crippen LogP contribution in [0, 0.1) is 0 Å². The molecule has 0 aromatic rings. The van der Waals surface area contributed by atoms with Crippen molar-refractivity contribution >= 4 is 79.6 Å². The van der Waals surface area contributed by atoms with Crippen LogP contribution < -0.4 is 0 Å². The largest absolute Gasteiger partial charge is 0.135 e. The molecule has 0 aromatic carbocycles. The Hall–Kier alpha value is 1.88. The summed E-state index contributed by atoms with van der Waals surface area (Å²) in [7, 11) is 0. The van der Waals surface area contributed by atoms with E-state index in [1.54, 1.807) is 0 Å². The topological polar surface area (TPSA) is 0 Å². The summed E-state index contributed by atoms with van der Waals surface area (Å²) < 4.78 is 2.94. The van der Waals surface area contributed by atoms with Crippen molar-refractivity contribution in [1.82, 2.24) is 0 Å². The number of rotatable bonds is 0. The average Bonchev–Trinajstić information content (AvgIpc) is 2.06. The van der Waals surface area contributed by atoms with Gasteiger partial charge in [-0.25, -0.2) is 0 Å². The minimum absolute atomic E-state index is 0.238. The Morgan fingerprint density at radius 1 is 1.00 bits per heavy atom. The molecular weight excluding hydrogens is 472 g/mol. The Labute approximate surface area is 108 Å². The van der Waals surface area contributed by atoms with Gasteiger partial charge in [-0.1, -0.05) is 47.8 Å². The van der Waals surface area contributed by atoms with Gasteiger partial charge in [0.25, 0.3) is 0 Å². The first kappa shape index (κ1) is 11.0. The molecule has 0 atom stereocenters. The Balaban J connectivity index is 3.27. The molecule has 5 heteroatoms. The maximum atomic E-state index is 3.55. The van der Waals surface area contributed by atoms with Crippen LogP contribution in [0.1, 0.15) is 6.92 Å². The third kappa shape index (κ3) is 1.73. The lowest BCUT2D eigenvalue weighted by atomic mass is 10.3. The first-order valence-electron chi connectivity index (χ1n) is 2.69. The monoisotopic (exact) mass is 470 g/mol. The molecule has 62 valence electrons. The van der Waals surface area contributed by atoms with Crippen LogP contribution in [0.2, 0.25) is 0 Å². The van der Waals surface area contributed by atoms with Crippen molar-refractivity contribution in [3.63, 3.8) is 0 Å². The van der Waals surface area contributed by atoms with Gasteiger partial charge in [-0.3, -0.25) is 0 Å². The molecule has 0 fully saturated rings. The number of alkyl halides is 2. The third-order valence-electron chi connectivity index (χ3n) is 1.46. The summed E-state index contributed by atoms with van der Waals surface area (Å²) in [4.78, 5) is 0. The van der Waals surface area contributed by atoms with Gasteiger partial charge in [-0.15, -0.1) is 0 Å². The van der Waals surface area contributed by atoms with Gasteiger partial charge in [0.15, 0.2) is 0 Å². The highest BCUT2D eigenvalue weighted by molar-refractivity contribution is 9.27. The highest BCUT2D eigenvalue weighted by Crippen LogP contribution is 2.55. The van der Waals surface area contributed by atoms with Crippen molar-refractivity contribution in [1.29, 1.82) is 0 Å². The van der Waals surface area contributed by atoms with Gasteiger partial charge in [0.05, 0.1) is 0 Å². The zero-order valence-corrected chi connectivity index (χ0v) is 13.3. The van der Waals surface area contributed by atoms with E-state index in [1.807, 2.05) is 6.92 Å². The first-order valence-corrected chi connectivity index (χ1v) is 6.66. The fourth-order valence-electron chi connectivity index (χ4n) is 0.701. The van der Waals surface area contributed by atoms with Gasteiger partial charge in [-0.2, -0.15) is 0 Å². The molecule has 0 amide bonds. The zero-order chi connectivity index (χ0) is 8.81. The molecule has 0 heterocycles. The molecule has 0 spiro atoms. The van der Waals surface area contributed by atoms with Crippen LogP contribution in [0.5, 0.6) is 0 Å². The van der Waals surface area contributed by atoms with Gasteiger partial charge in [0, 0.05) is 13.4 Å². The van der Waals surface area contributed by atoms with E-state index in [0.717, 1.165) is 13.4 Å². The summed E-state index contributed by atoms with van der Waals surface area (Å²) in [6, 6.07) is 0. The molecule has 0 saturated heterocycles. The first-order chi connectivity index (χ1) is 4.89. The molecule has 11 heavy (non-hydrogen) atoms. The van der Waals surface area contributed by atoms with Crippen LogP contribution >= 0.6 is 79.6 Å². The minimum Gasteiger partial charge on any atom is -0.0618 e. The number of halogens is 5. The second-order valence-electron chi connectivity index (χ2n) is 2.14. The summed E-state index contributed by atoms with van der Waals surface area (Å²) in [6.07, 6.45) is 0. The van der Waals surface area contributed by atoms with Crippen LogP contribution in [0.15, 0.2) is 19.0 Å². The van der Waals surface area contributed by atoms with Crippen LogP contribution in [0.3, 0.4) is 0 Å². The average molecular weight is 475 g/mol. The molecular formula is C6H3Br5. The molecule has 1 aliphatic rings. The fourth-order valence-corrected chi connectivity index (χ4v) is 4.41. The smallest absolute Gasteiger partial charge is 0.0618 e. The summed E-state index contributed by atoms with van der Waals surface area (Å²) in [5.41, 5.74) is 1.19. The second-order valence-corrected chi connectivity index (χ2v) is 7.96. The van der Waals surface area contributed by atoms with E-state index < -0.39 is 0 Å². The summed E-state index contributed by atoms with van der Waals surface area (Å²) in [6.45, 7) is 2.04. The molecule has 1 aliphatic carbocycles. The maximum Gasteiger partial charge on any atom is 0.135 e. The van der Waals surface area contributed by atoms with E-state index in [0.29, 0.717) is 0 Å². The van der Waals surface area contributed by atoms with Crippen molar-refractivity contribution in [2.45, 2.75) is 10.2 Å². The van der Waals surface area contributed by atoms with Crippen LogP contribution in [-0.2, 0) is 0 Å². The van der Waals surface area contributed by atoms with Gasteiger partial charge in [-0.05, 0) is 44.4 Å². The van der Waals surface area contributed by atoms with E-state index in [-0.39, 0.29) is 3.23 Å². The molecule has 0 saturated carbocycles. The van der Waals surface area contributed by atoms with E-state index in [2.05, 4.69) is 79.6 Å². The molecule has 0 aliphatic heterocycles. The quantitative estimate of drug-likeness (QED) is 0.426. The van der Waals surface area contributed by atoms with E-state index >= 15 is 0 Å². The lowest BCUT2D eigenvalue weighted by molar-refractivity contribution is 1.22. The Kier molecular flexibility index (Phi) is 3.54. The molecule has 1 rings (SSSR count). The Morgan fingerprint density at radius 3 is 1.55 bits per heavy atom. The van der Waals surface area contributed by atoms with Crippen molar-refractivity contribution in [2.75, 3.05) is 0 Å². The predicted molar refractivity (Wildman–Crippen MR) is 67.1 cm³/mol. The molecule has 0 unspecified atom stereocenters. The van der Waals surface area contributed by atoms with Crippen molar-refractivity contribution in [2.24, 2.45) is 0 Å². The van der Waals surface area contributed by atoms with Gasteiger partial charge in [0.2, 0.25) is 0 Å². The summed E-state index contributed by atoms with van der Waals surface area (Å²) >= 11 is 17.5. The van der Waals surface area contributed by atoms with Gasteiger partial charge < -0.3 is 0 Å². The standard InChI is InChI=1S/C6H3Br5/c1-2-3(7)4(8)5(9)6(2,10)11/h1H3. The zero-order valence-electron chi connectivity index (χ0n) is 5.39. The predicted octanol–water partition coefficient (Wildman–Crippen LogP) is 5.16. The third-order valence-corrected chi connectivity index (χ3v) is 8.35. The van der Waals surface area contributed by atoms with Gasteiger partial charge in [0.1, 0.15) is 3.23 Å². The number of hydrogen-bond donors (Lipinski definition) is 0. The summed E-state index contributed by atoms with van der Waals surface area (Å²) in [5, 5.41) is 0. The van der Waals surface area contributed by atoms with Crippen LogP contribution in [0.4, 0.5) is 0 Å². The lowest BCUT2D eigenvalue weighted by Gasteiger charge is -2.15. The Morgan fingerprint density at radius 2 is 1.45 bits per heavy atom. The van der Waals surface area contributed by atoms with Gasteiger partial charge >= 0.3 is 0 Å². The van der Waals surface area contributed by atoms with E-state index in [4.69, 9.17) is 0 Å². The minimum atomic E-state index is -0.238. The lowest BCUT2D eigenvalue weighted by Crippen LogP contribution is -2.08. The molecule has 0 radical (unpaired) electrons. The fraction of sp³-hybridized carbons (Fsp3) is 0.333. The number of allylic oxidation sites excluding steroid dienone is 4. The summed E-state index contributed by atoms with van der Waals surface area (Å²) in [5.74, 6) is 0. The van der Waals surface area contributed by atoms with E-state index in [1.165, 1.54) is 5.57 Å². The van der Waals surface area contributed by atoms with Crippen molar-refractivity contribution in [3.8, 4) is 0 Å². The van der Waals surface area contributed by atoms with Crippen LogP contribution in [-0.4, -0.2) is 3.23 Å². The second kappa shape index (κ2) is 3.56. The molecule has 0 aromatic heterocycles. The van der Waals surface area contributed by atoms with Crippen molar-refractivity contribution < 1.29 is 0 Å². The normalized spacial score (nSPS) is 23.5.